The topological polar surface area (TPSA) is 79.3 Å². The van der Waals surface area contributed by atoms with Gasteiger partial charge in [-0.1, -0.05) is 30.3 Å². The highest BCUT2D eigenvalue weighted by atomic mass is 16.7. The van der Waals surface area contributed by atoms with Crippen LogP contribution in [0, 0.1) is 0 Å². The van der Waals surface area contributed by atoms with Gasteiger partial charge in [0, 0.05) is 12.1 Å². The van der Waals surface area contributed by atoms with Crippen LogP contribution in [0.5, 0.6) is 11.5 Å². The van der Waals surface area contributed by atoms with Crippen molar-refractivity contribution in [3.63, 3.8) is 0 Å². The first kappa shape index (κ1) is 20.0. The zero-order chi connectivity index (χ0) is 21.3. The van der Waals surface area contributed by atoms with Crippen LogP contribution in [0.25, 0.3) is 5.76 Å². The van der Waals surface area contributed by atoms with Crippen LogP contribution in [0.15, 0.2) is 54.1 Å². The Kier molecular flexibility index (Phi) is 5.46. The molecule has 4 rings (SSSR count). The van der Waals surface area contributed by atoms with E-state index in [2.05, 4.69) is 0 Å². The van der Waals surface area contributed by atoms with Gasteiger partial charge in [0.15, 0.2) is 11.5 Å². The number of likely N-dealkylation sites (tertiary alicyclic amines) is 1. The Morgan fingerprint density at radius 1 is 1.10 bits per heavy atom. The Bertz CT molecular complexity index is 1000. The molecule has 0 bridgehead atoms. The Morgan fingerprint density at radius 3 is 2.57 bits per heavy atom. The number of aliphatic hydroxyl groups is 1. The van der Waals surface area contributed by atoms with Crippen LogP contribution in [-0.2, 0) is 9.59 Å². The molecule has 7 heteroatoms. The number of hydrogen-bond acceptors (Lipinski definition) is 6. The fraction of sp³-hybridized carbons (Fsp3) is 0.304. The molecular formula is C23H24N2O5. The van der Waals surface area contributed by atoms with Crippen molar-refractivity contribution >= 4 is 17.4 Å². The van der Waals surface area contributed by atoms with E-state index in [0.717, 1.165) is 12.1 Å². The third-order valence-electron chi connectivity index (χ3n) is 5.31. The molecule has 2 aromatic carbocycles. The molecule has 2 aliphatic rings. The van der Waals surface area contributed by atoms with Crippen molar-refractivity contribution in [2.45, 2.75) is 12.5 Å². The number of hydrogen-bond donors (Lipinski definition) is 1. The van der Waals surface area contributed by atoms with Gasteiger partial charge in [0.1, 0.15) is 5.76 Å². The fourth-order valence-electron chi connectivity index (χ4n) is 3.85. The molecule has 2 heterocycles. The van der Waals surface area contributed by atoms with Gasteiger partial charge in [-0.15, -0.1) is 0 Å². The van der Waals surface area contributed by atoms with Crippen LogP contribution in [0.1, 0.15) is 23.6 Å². The zero-order valence-corrected chi connectivity index (χ0v) is 17.0. The fourth-order valence-corrected chi connectivity index (χ4v) is 3.85. The molecule has 1 N–H and O–H groups in total. The molecule has 0 aromatic heterocycles. The van der Waals surface area contributed by atoms with E-state index in [0.29, 0.717) is 30.0 Å². The number of carbonyl (C=O) groups is 2. The van der Waals surface area contributed by atoms with E-state index in [4.69, 9.17) is 9.47 Å². The smallest absolute Gasteiger partial charge is 0.295 e. The number of benzene rings is 2. The predicted molar refractivity (Wildman–Crippen MR) is 111 cm³/mol. The lowest BCUT2D eigenvalue weighted by Crippen LogP contribution is -2.32. The molecule has 0 saturated carbocycles. The van der Waals surface area contributed by atoms with Crippen LogP contribution in [0.3, 0.4) is 0 Å². The third kappa shape index (κ3) is 3.64. The van der Waals surface area contributed by atoms with Crippen molar-refractivity contribution in [2.24, 2.45) is 0 Å². The maximum Gasteiger partial charge on any atom is 0.295 e. The van der Waals surface area contributed by atoms with Crippen molar-refractivity contribution in [3.05, 3.63) is 65.2 Å². The van der Waals surface area contributed by atoms with Gasteiger partial charge in [-0.3, -0.25) is 9.59 Å². The molecule has 30 heavy (non-hydrogen) atoms. The van der Waals surface area contributed by atoms with Crippen LogP contribution in [0.2, 0.25) is 0 Å². The zero-order valence-electron chi connectivity index (χ0n) is 17.0. The van der Waals surface area contributed by atoms with Gasteiger partial charge in [-0.2, -0.15) is 0 Å². The second-order valence-corrected chi connectivity index (χ2v) is 7.63. The molecule has 1 atom stereocenters. The Balaban J connectivity index is 1.77. The average molecular weight is 408 g/mol. The first-order valence-electron chi connectivity index (χ1n) is 9.85. The van der Waals surface area contributed by atoms with E-state index < -0.39 is 17.7 Å². The van der Waals surface area contributed by atoms with E-state index in [1.807, 2.05) is 49.3 Å². The van der Waals surface area contributed by atoms with Crippen LogP contribution >= 0.6 is 0 Å². The summed E-state index contributed by atoms with van der Waals surface area (Å²) in [7, 11) is 3.92. The summed E-state index contributed by atoms with van der Waals surface area (Å²) in [6.45, 7) is 1.31. The van der Waals surface area contributed by atoms with E-state index in [-0.39, 0.29) is 18.1 Å². The van der Waals surface area contributed by atoms with Gasteiger partial charge in [-0.25, -0.2) is 0 Å². The van der Waals surface area contributed by atoms with Crippen LogP contribution < -0.4 is 9.47 Å². The number of amides is 1. The summed E-state index contributed by atoms with van der Waals surface area (Å²) in [6, 6.07) is 13.6. The normalized spacial score (nSPS) is 19.7. The van der Waals surface area contributed by atoms with Gasteiger partial charge in [0.25, 0.3) is 11.7 Å². The van der Waals surface area contributed by atoms with Crippen molar-refractivity contribution in [3.8, 4) is 11.5 Å². The highest BCUT2D eigenvalue weighted by Crippen LogP contribution is 2.41. The summed E-state index contributed by atoms with van der Waals surface area (Å²) in [5, 5.41) is 11.1. The van der Waals surface area contributed by atoms with Gasteiger partial charge >= 0.3 is 0 Å². The summed E-state index contributed by atoms with van der Waals surface area (Å²) in [6.07, 6.45) is 0.716. The van der Waals surface area contributed by atoms with Crippen LogP contribution in [-0.4, -0.2) is 60.6 Å². The lowest BCUT2D eigenvalue weighted by molar-refractivity contribution is -0.139. The van der Waals surface area contributed by atoms with Gasteiger partial charge in [0.2, 0.25) is 6.79 Å². The summed E-state index contributed by atoms with van der Waals surface area (Å²) >= 11 is 0. The molecule has 1 unspecified atom stereocenters. The van der Waals surface area contributed by atoms with Crippen molar-refractivity contribution in [1.82, 2.24) is 9.80 Å². The molecule has 1 saturated heterocycles. The molecule has 1 amide bonds. The molecule has 1 fully saturated rings. The minimum absolute atomic E-state index is 0.0925. The summed E-state index contributed by atoms with van der Waals surface area (Å²) in [5.74, 6) is -0.407. The molecule has 156 valence electrons. The van der Waals surface area contributed by atoms with E-state index >= 15 is 0 Å². The minimum atomic E-state index is -0.677. The molecule has 2 aliphatic heterocycles. The van der Waals surface area contributed by atoms with E-state index in [1.54, 1.807) is 23.1 Å². The first-order valence-corrected chi connectivity index (χ1v) is 9.85. The highest BCUT2D eigenvalue weighted by Gasteiger charge is 2.45. The largest absolute Gasteiger partial charge is 0.507 e. The predicted octanol–water partition coefficient (Wildman–Crippen LogP) is 2.79. The maximum absolute atomic E-state index is 13.0. The number of ketones is 1. The molecule has 2 aromatic rings. The Labute approximate surface area is 175 Å². The molecular weight excluding hydrogens is 384 g/mol. The van der Waals surface area contributed by atoms with Crippen LogP contribution in [0.4, 0.5) is 0 Å². The third-order valence-corrected chi connectivity index (χ3v) is 5.31. The number of carbonyl (C=O) groups excluding carboxylic acids is 2. The summed E-state index contributed by atoms with van der Waals surface area (Å²) in [5.41, 5.74) is 1.28. The molecule has 0 radical (unpaired) electrons. The minimum Gasteiger partial charge on any atom is -0.507 e. The number of aliphatic hydroxyl groups excluding tert-OH is 1. The second kappa shape index (κ2) is 8.20. The Hall–Kier alpha value is -3.32. The van der Waals surface area contributed by atoms with E-state index in [1.165, 1.54) is 0 Å². The monoisotopic (exact) mass is 408 g/mol. The van der Waals surface area contributed by atoms with Gasteiger partial charge in [-0.05, 0) is 50.8 Å². The van der Waals surface area contributed by atoms with Crippen molar-refractivity contribution in [2.75, 3.05) is 34.0 Å². The van der Waals surface area contributed by atoms with Crippen molar-refractivity contribution in [1.29, 1.82) is 0 Å². The van der Waals surface area contributed by atoms with Crippen molar-refractivity contribution < 1.29 is 24.2 Å². The summed E-state index contributed by atoms with van der Waals surface area (Å²) < 4.78 is 10.7. The molecule has 7 nitrogen and oxygen atoms in total. The quantitative estimate of drug-likeness (QED) is 0.450. The lowest BCUT2D eigenvalue weighted by Gasteiger charge is -2.26. The van der Waals surface area contributed by atoms with Gasteiger partial charge in [0.05, 0.1) is 11.6 Å². The molecule has 0 aliphatic carbocycles. The standard InChI is InChI=1S/C23H24N2O5/c1-24(2)11-6-12-25-20(15-7-4-3-5-8-15)19(22(27)23(25)28)21(26)16-9-10-17-18(13-16)30-14-29-17/h3-5,7-10,13,20,26H,6,11-12,14H2,1-2H3. The highest BCUT2D eigenvalue weighted by molar-refractivity contribution is 6.46. The number of ether oxygens (including phenoxy) is 2. The first-order chi connectivity index (χ1) is 14.5. The summed E-state index contributed by atoms with van der Waals surface area (Å²) in [4.78, 5) is 29.4. The number of nitrogens with zero attached hydrogens (tertiary/aromatic N) is 2. The average Bonchev–Trinajstić information content (AvgIpc) is 3.31. The maximum atomic E-state index is 13.0. The van der Waals surface area contributed by atoms with E-state index in [9.17, 15) is 14.7 Å². The number of Topliss-reactive ketones (excluding diaryl/α,β-unsaturated/α-hetero) is 1. The molecule has 0 spiro atoms. The number of rotatable bonds is 6. The number of fused-ring (bicyclic) bond motifs is 1. The lowest BCUT2D eigenvalue weighted by atomic mass is 9.95. The second-order valence-electron chi connectivity index (χ2n) is 7.63. The Morgan fingerprint density at radius 2 is 1.83 bits per heavy atom. The SMILES string of the molecule is CN(C)CCCN1C(=O)C(=O)C(=C(O)c2ccc3c(c2)OCO3)C1c1ccccc1. The van der Waals surface area contributed by atoms with Gasteiger partial charge < -0.3 is 24.4 Å².